The molecule has 3 aromatic rings. The molecule has 1 aliphatic carbocycles. The van der Waals surface area contributed by atoms with Crippen molar-refractivity contribution in [1.29, 1.82) is 0 Å². The highest BCUT2D eigenvalue weighted by molar-refractivity contribution is 6.07. The zero-order chi connectivity index (χ0) is 14.9. The molecule has 22 heavy (non-hydrogen) atoms. The van der Waals surface area contributed by atoms with Crippen LogP contribution in [0.3, 0.4) is 0 Å². The minimum absolute atomic E-state index is 0.244. The SMILES string of the molecule is O=C(Cn1c2ccccc2c2cccnc21)C1CCCCC1. The molecule has 4 rings (SSSR count). The second kappa shape index (κ2) is 5.56. The van der Waals surface area contributed by atoms with E-state index in [0.717, 1.165) is 29.4 Å². The van der Waals surface area contributed by atoms with E-state index < -0.39 is 0 Å². The normalized spacial score (nSPS) is 16.4. The molecule has 3 nitrogen and oxygen atoms in total. The van der Waals surface area contributed by atoms with E-state index in [9.17, 15) is 4.79 Å². The molecule has 112 valence electrons. The minimum Gasteiger partial charge on any atom is -0.318 e. The molecule has 2 aromatic heterocycles. The largest absolute Gasteiger partial charge is 0.318 e. The summed E-state index contributed by atoms with van der Waals surface area (Å²) in [5.41, 5.74) is 2.04. The number of hydrogen-bond acceptors (Lipinski definition) is 2. The monoisotopic (exact) mass is 292 g/mol. The van der Waals surface area contributed by atoms with Gasteiger partial charge in [-0.2, -0.15) is 0 Å². The van der Waals surface area contributed by atoms with Gasteiger partial charge in [0, 0.05) is 22.9 Å². The number of hydrogen-bond donors (Lipinski definition) is 0. The zero-order valence-corrected chi connectivity index (χ0v) is 12.7. The topological polar surface area (TPSA) is 34.9 Å². The Morgan fingerprint density at radius 1 is 1.05 bits per heavy atom. The molecule has 0 amide bonds. The van der Waals surface area contributed by atoms with Crippen LogP contribution in [-0.2, 0) is 11.3 Å². The number of rotatable bonds is 3. The van der Waals surface area contributed by atoms with Crippen molar-refractivity contribution in [3.63, 3.8) is 0 Å². The number of fused-ring (bicyclic) bond motifs is 3. The molecule has 3 heteroatoms. The van der Waals surface area contributed by atoms with E-state index in [2.05, 4.69) is 27.8 Å². The maximum Gasteiger partial charge on any atom is 0.155 e. The fraction of sp³-hybridized carbons (Fsp3) is 0.368. The Balaban J connectivity index is 1.77. The molecule has 1 fully saturated rings. The van der Waals surface area contributed by atoms with Gasteiger partial charge in [0.25, 0.3) is 0 Å². The molecule has 0 spiro atoms. The number of Topliss-reactive ketones (excluding diaryl/α,β-unsaturated/α-hetero) is 1. The molecule has 0 atom stereocenters. The fourth-order valence-electron chi connectivity index (χ4n) is 3.74. The van der Waals surface area contributed by atoms with Gasteiger partial charge in [0.15, 0.2) is 5.78 Å². The lowest BCUT2D eigenvalue weighted by atomic mass is 9.86. The number of para-hydroxylation sites is 1. The Labute approximate surface area is 130 Å². The van der Waals surface area contributed by atoms with Crippen molar-refractivity contribution in [2.45, 2.75) is 38.6 Å². The third-order valence-corrected chi connectivity index (χ3v) is 4.90. The average Bonchev–Trinajstić information content (AvgIpc) is 2.90. The lowest BCUT2D eigenvalue weighted by Gasteiger charge is -2.20. The molecule has 1 aliphatic rings. The number of nitrogens with zero attached hydrogens (tertiary/aromatic N) is 2. The smallest absolute Gasteiger partial charge is 0.155 e. The van der Waals surface area contributed by atoms with E-state index >= 15 is 0 Å². The molecule has 0 saturated heterocycles. The predicted octanol–water partition coefficient (Wildman–Crippen LogP) is 4.34. The van der Waals surface area contributed by atoms with Gasteiger partial charge in [0.05, 0.1) is 12.1 Å². The van der Waals surface area contributed by atoms with Gasteiger partial charge < -0.3 is 4.57 Å². The highest BCUT2D eigenvalue weighted by atomic mass is 16.1. The summed E-state index contributed by atoms with van der Waals surface area (Å²) in [5.74, 6) is 0.613. The van der Waals surface area contributed by atoms with Crippen molar-refractivity contribution in [2.24, 2.45) is 5.92 Å². The molecule has 1 aromatic carbocycles. The van der Waals surface area contributed by atoms with E-state index in [1.165, 1.54) is 24.6 Å². The number of pyridine rings is 1. The van der Waals surface area contributed by atoms with E-state index in [1.807, 2.05) is 24.4 Å². The van der Waals surface area contributed by atoms with Crippen LogP contribution in [0, 0.1) is 5.92 Å². The Morgan fingerprint density at radius 2 is 1.82 bits per heavy atom. The lowest BCUT2D eigenvalue weighted by Crippen LogP contribution is -2.22. The number of ketones is 1. The molecule has 1 saturated carbocycles. The molecule has 0 aliphatic heterocycles. The Kier molecular flexibility index (Phi) is 3.41. The van der Waals surface area contributed by atoms with E-state index in [1.54, 1.807) is 0 Å². The van der Waals surface area contributed by atoms with E-state index in [4.69, 9.17) is 0 Å². The first-order valence-electron chi connectivity index (χ1n) is 8.19. The summed E-state index contributed by atoms with van der Waals surface area (Å²) < 4.78 is 2.10. The van der Waals surface area contributed by atoms with Gasteiger partial charge in [-0.25, -0.2) is 4.98 Å². The van der Waals surface area contributed by atoms with Crippen LogP contribution in [0.2, 0.25) is 0 Å². The maximum absolute atomic E-state index is 12.7. The van der Waals surface area contributed by atoms with Crippen LogP contribution >= 0.6 is 0 Å². The van der Waals surface area contributed by atoms with Gasteiger partial charge in [-0.1, -0.05) is 37.5 Å². The second-order valence-electron chi connectivity index (χ2n) is 6.28. The standard InChI is InChI=1S/C19H20N2O/c22-18(14-7-2-1-3-8-14)13-21-17-11-5-4-9-15(17)16-10-6-12-20-19(16)21/h4-6,9-12,14H,1-3,7-8,13H2. The van der Waals surface area contributed by atoms with Gasteiger partial charge >= 0.3 is 0 Å². The van der Waals surface area contributed by atoms with Gasteiger partial charge in [0.1, 0.15) is 5.65 Å². The second-order valence-corrected chi connectivity index (χ2v) is 6.28. The minimum atomic E-state index is 0.244. The van der Waals surface area contributed by atoms with Crippen molar-refractivity contribution >= 4 is 27.7 Å². The third kappa shape index (κ3) is 2.21. The van der Waals surface area contributed by atoms with Crippen molar-refractivity contribution in [3.8, 4) is 0 Å². The summed E-state index contributed by atoms with van der Waals surface area (Å²) in [5, 5.41) is 2.32. The summed E-state index contributed by atoms with van der Waals surface area (Å²) >= 11 is 0. The van der Waals surface area contributed by atoms with Gasteiger partial charge in [-0.15, -0.1) is 0 Å². The van der Waals surface area contributed by atoms with Gasteiger partial charge in [0.2, 0.25) is 0 Å². The number of benzene rings is 1. The van der Waals surface area contributed by atoms with Crippen molar-refractivity contribution < 1.29 is 4.79 Å². The summed E-state index contributed by atoms with van der Waals surface area (Å²) in [7, 11) is 0. The van der Waals surface area contributed by atoms with Gasteiger partial charge in [-0.05, 0) is 31.0 Å². The van der Waals surface area contributed by atoms with Gasteiger partial charge in [-0.3, -0.25) is 4.79 Å². The Bertz CT molecular complexity index is 774. The summed E-state index contributed by atoms with van der Waals surface area (Å²) in [6.07, 6.45) is 7.60. The first-order valence-corrected chi connectivity index (χ1v) is 8.19. The van der Waals surface area contributed by atoms with Crippen LogP contribution in [0.4, 0.5) is 0 Å². The lowest BCUT2D eigenvalue weighted by molar-refractivity contribution is -0.124. The number of carbonyl (C=O) groups is 1. The maximum atomic E-state index is 12.7. The summed E-state index contributed by atoms with van der Waals surface area (Å²) in [4.78, 5) is 17.2. The summed E-state index contributed by atoms with van der Waals surface area (Å²) in [6, 6.07) is 12.3. The fourth-order valence-corrected chi connectivity index (χ4v) is 3.74. The van der Waals surface area contributed by atoms with Crippen molar-refractivity contribution in [2.75, 3.05) is 0 Å². The number of aromatic nitrogens is 2. The first kappa shape index (κ1) is 13.5. The first-order chi connectivity index (χ1) is 10.8. The number of carbonyl (C=O) groups excluding carboxylic acids is 1. The van der Waals surface area contributed by atoms with Crippen LogP contribution in [0.15, 0.2) is 42.6 Å². The highest BCUT2D eigenvalue weighted by Gasteiger charge is 2.22. The molecule has 0 unspecified atom stereocenters. The van der Waals surface area contributed by atoms with Crippen LogP contribution in [0.25, 0.3) is 21.9 Å². The van der Waals surface area contributed by atoms with Crippen LogP contribution in [-0.4, -0.2) is 15.3 Å². The molecule has 0 N–H and O–H groups in total. The highest BCUT2D eigenvalue weighted by Crippen LogP contribution is 2.29. The van der Waals surface area contributed by atoms with E-state index in [-0.39, 0.29) is 5.92 Å². The Morgan fingerprint density at radius 3 is 2.68 bits per heavy atom. The van der Waals surface area contributed by atoms with Crippen molar-refractivity contribution in [3.05, 3.63) is 42.6 Å². The molecule has 0 bridgehead atoms. The molecule has 0 radical (unpaired) electrons. The molecule has 2 heterocycles. The van der Waals surface area contributed by atoms with Crippen LogP contribution in [0.1, 0.15) is 32.1 Å². The molecular weight excluding hydrogens is 272 g/mol. The van der Waals surface area contributed by atoms with Crippen LogP contribution in [0.5, 0.6) is 0 Å². The molecular formula is C19H20N2O. The van der Waals surface area contributed by atoms with Crippen molar-refractivity contribution in [1.82, 2.24) is 9.55 Å². The van der Waals surface area contributed by atoms with Crippen LogP contribution < -0.4 is 0 Å². The quantitative estimate of drug-likeness (QED) is 0.719. The van der Waals surface area contributed by atoms with E-state index in [0.29, 0.717) is 12.3 Å². The Hall–Kier alpha value is -2.16. The third-order valence-electron chi connectivity index (χ3n) is 4.90. The predicted molar refractivity (Wildman–Crippen MR) is 88.8 cm³/mol. The zero-order valence-electron chi connectivity index (χ0n) is 12.7. The average molecular weight is 292 g/mol. The summed E-state index contributed by atoms with van der Waals surface area (Å²) in [6.45, 7) is 0.450.